The number of carboxylic acid groups (broad SMARTS) is 1. The van der Waals surface area contributed by atoms with E-state index in [1.807, 2.05) is 27.7 Å². The van der Waals surface area contributed by atoms with E-state index in [0.29, 0.717) is 13.0 Å². The highest BCUT2D eigenvalue weighted by Crippen LogP contribution is 2.22. The average Bonchev–Trinajstić information content (AvgIpc) is 2.22. The number of carboxylic acids is 1. The quantitative estimate of drug-likeness (QED) is 0.627. The Balaban J connectivity index is 4.45. The van der Waals surface area contributed by atoms with Gasteiger partial charge in [-0.05, 0) is 31.2 Å². The molecule has 0 rings (SSSR count). The lowest BCUT2D eigenvalue weighted by Gasteiger charge is -2.27. The normalized spacial score (nSPS) is 14.8. The summed E-state index contributed by atoms with van der Waals surface area (Å²) in [5.74, 6) is -1.09. The molecular formula is C14H28N2O3. The molecule has 1 amide bonds. The number of carbonyl (C=O) groups is 2. The van der Waals surface area contributed by atoms with Crippen LogP contribution in [0.3, 0.4) is 0 Å². The lowest BCUT2D eigenvalue weighted by molar-refractivity contribution is -0.138. The predicted octanol–water partition coefficient (Wildman–Crippen LogP) is 1.76. The Bertz CT molecular complexity index is 298. The molecular weight excluding hydrogens is 244 g/mol. The van der Waals surface area contributed by atoms with Gasteiger partial charge in [0.05, 0.1) is 6.42 Å². The summed E-state index contributed by atoms with van der Waals surface area (Å²) in [4.78, 5) is 22.8. The predicted molar refractivity (Wildman–Crippen MR) is 75.7 cm³/mol. The van der Waals surface area contributed by atoms with Gasteiger partial charge in [-0.1, -0.05) is 27.7 Å². The van der Waals surface area contributed by atoms with E-state index in [9.17, 15) is 9.59 Å². The van der Waals surface area contributed by atoms with E-state index in [0.717, 1.165) is 12.8 Å². The van der Waals surface area contributed by atoms with Crippen molar-refractivity contribution in [2.45, 2.75) is 59.4 Å². The maximum absolute atomic E-state index is 12.0. The molecule has 0 saturated heterocycles. The fraction of sp³-hybridized carbons (Fsp3) is 0.857. The molecule has 5 nitrogen and oxygen atoms in total. The Hall–Kier alpha value is -1.10. The molecule has 5 heteroatoms. The topological polar surface area (TPSA) is 92.4 Å². The average molecular weight is 272 g/mol. The molecule has 0 saturated carbocycles. The van der Waals surface area contributed by atoms with Crippen molar-refractivity contribution in [2.75, 3.05) is 6.54 Å². The molecule has 0 aromatic rings. The minimum atomic E-state index is -0.885. The van der Waals surface area contributed by atoms with Crippen LogP contribution >= 0.6 is 0 Å². The molecule has 0 aromatic heterocycles. The summed E-state index contributed by atoms with van der Waals surface area (Å²) >= 11 is 0. The van der Waals surface area contributed by atoms with E-state index < -0.39 is 5.97 Å². The first-order valence-electron chi connectivity index (χ1n) is 6.88. The second-order valence-electron chi connectivity index (χ2n) is 6.40. The van der Waals surface area contributed by atoms with Crippen LogP contribution in [-0.2, 0) is 9.59 Å². The minimum Gasteiger partial charge on any atom is -0.481 e. The van der Waals surface area contributed by atoms with Crippen molar-refractivity contribution >= 4 is 11.9 Å². The van der Waals surface area contributed by atoms with Gasteiger partial charge in [0.2, 0.25) is 5.91 Å². The van der Waals surface area contributed by atoms with Crippen LogP contribution in [0.4, 0.5) is 0 Å². The second kappa shape index (κ2) is 8.15. The van der Waals surface area contributed by atoms with E-state index in [1.165, 1.54) is 0 Å². The van der Waals surface area contributed by atoms with Crippen molar-refractivity contribution in [3.05, 3.63) is 0 Å². The summed E-state index contributed by atoms with van der Waals surface area (Å²) in [5.41, 5.74) is 5.40. The number of amides is 1. The first-order chi connectivity index (χ1) is 8.65. The van der Waals surface area contributed by atoms with Crippen LogP contribution in [0, 0.1) is 11.3 Å². The highest BCUT2D eigenvalue weighted by molar-refractivity contribution is 5.79. The number of aliphatic carboxylic acids is 1. The van der Waals surface area contributed by atoms with Crippen molar-refractivity contribution in [1.29, 1.82) is 0 Å². The second-order valence-corrected chi connectivity index (χ2v) is 6.40. The summed E-state index contributed by atoms with van der Waals surface area (Å²) in [7, 11) is 0. The van der Waals surface area contributed by atoms with E-state index in [-0.39, 0.29) is 29.7 Å². The Morgan fingerprint density at radius 1 is 1.32 bits per heavy atom. The van der Waals surface area contributed by atoms with Crippen molar-refractivity contribution in [2.24, 2.45) is 17.1 Å². The van der Waals surface area contributed by atoms with Gasteiger partial charge in [0.15, 0.2) is 0 Å². The van der Waals surface area contributed by atoms with Gasteiger partial charge in [0.25, 0.3) is 0 Å². The summed E-state index contributed by atoms with van der Waals surface area (Å²) in [6.45, 7) is 8.52. The lowest BCUT2D eigenvalue weighted by Crippen LogP contribution is -2.41. The van der Waals surface area contributed by atoms with Gasteiger partial charge in [-0.2, -0.15) is 0 Å². The number of rotatable bonds is 8. The van der Waals surface area contributed by atoms with Gasteiger partial charge in [-0.25, -0.2) is 0 Å². The maximum atomic E-state index is 12.0. The highest BCUT2D eigenvalue weighted by atomic mass is 16.4. The number of carbonyl (C=O) groups excluding carboxylic acids is 1. The molecule has 112 valence electrons. The lowest BCUT2D eigenvalue weighted by atomic mass is 9.86. The number of nitrogens with two attached hydrogens (primary N) is 1. The largest absolute Gasteiger partial charge is 0.481 e. The molecule has 0 aliphatic rings. The Morgan fingerprint density at radius 3 is 2.32 bits per heavy atom. The SMILES string of the molecule is CC(CCCN)C(=O)NC(CC(=O)O)CC(C)(C)C. The Labute approximate surface area is 115 Å². The van der Waals surface area contributed by atoms with Gasteiger partial charge in [0, 0.05) is 12.0 Å². The molecule has 0 heterocycles. The van der Waals surface area contributed by atoms with Gasteiger partial charge < -0.3 is 16.2 Å². The van der Waals surface area contributed by atoms with E-state index in [2.05, 4.69) is 5.32 Å². The van der Waals surface area contributed by atoms with Gasteiger partial charge in [0.1, 0.15) is 0 Å². The Kier molecular flexibility index (Phi) is 7.68. The molecule has 0 radical (unpaired) electrons. The van der Waals surface area contributed by atoms with Crippen molar-refractivity contribution < 1.29 is 14.7 Å². The fourth-order valence-corrected chi connectivity index (χ4v) is 2.02. The van der Waals surface area contributed by atoms with E-state index in [1.54, 1.807) is 0 Å². The monoisotopic (exact) mass is 272 g/mol. The molecule has 0 aliphatic heterocycles. The number of hydrogen-bond acceptors (Lipinski definition) is 3. The first-order valence-corrected chi connectivity index (χ1v) is 6.88. The molecule has 0 spiro atoms. The molecule has 0 fully saturated rings. The van der Waals surface area contributed by atoms with Crippen LogP contribution in [0.1, 0.15) is 53.4 Å². The number of nitrogens with one attached hydrogen (secondary N) is 1. The van der Waals surface area contributed by atoms with E-state index in [4.69, 9.17) is 10.8 Å². The van der Waals surface area contributed by atoms with Crippen molar-refractivity contribution in [1.82, 2.24) is 5.32 Å². The van der Waals surface area contributed by atoms with Gasteiger partial charge in [-0.15, -0.1) is 0 Å². The Morgan fingerprint density at radius 2 is 1.89 bits per heavy atom. The van der Waals surface area contributed by atoms with Crippen LogP contribution < -0.4 is 11.1 Å². The van der Waals surface area contributed by atoms with Crippen LogP contribution in [0.25, 0.3) is 0 Å². The summed E-state index contributed by atoms with van der Waals surface area (Å²) in [6.07, 6.45) is 2.15. The third kappa shape index (κ3) is 9.47. The molecule has 0 bridgehead atoms. The first kappa shape index (κ1) is 17.9. The zero-order chi connectivity index (χ0) is 15.1. The van der Waals surface area contributed by atoms with Crippen molar-refractivity contribution in [3.8, 4) is 0 Å². The molecule has 19 heavy (non-hydrogen) atoms. The van der Waals surface area contributed by atoms with Crippen LogP contribution in [0.15, 0.2) is 0 Å². The molecule has 4 N–H and O–H groups in total. The molecule has 2 atom stereocenters. The minimum absolute atomic E-state index is 0.0199. The molecule has 2 unspecified atom stereocenters. The van der Waals surface area contributed by atoms with Crippen LogP contribution in [-0.4, -0.2) is 29.6 Å². The standard InChI is InChI=1S/C14H28N2O3/c1-10(6-5-7-15)13(19)16-11(8-12(17)18)9-14(2,3)4/h10-11H,5-9,15H2,1-4H3,(H,16,19)(H,17,18). The third-order valence-electron chi connectivity index (χ3n) is 2.92. The van der Waals surface area contributed by atoms with Crippen LogP contribution in [0.2, 0.25) is 0 Å². The zero-order valence-corrected chi connectivity index (χ0v) is 12.5. The van der Waals surface area contributed by atoms with Crippen molar-refractivity contribution in [3.63, 3.8) is 0 Å². The van der Waals surface area contributed by atoms with Gasteiger partial charge in [-0.3, -0.25) is 9.59 Å². The van der Waals surface area contributed by atoms with Crippen LogP contribution in [0.5, 0.6) is 0 Å². The van der Waals surface area contributed by atoms with E-state index >= 15 is 0 Å². The maximum Gasteiger partial charge on any atom is 0.305 e. The van der Waals surface area contributed by atoms with Gasteiger partial charge >= 0.3 is 5.97 Å². The molecule has 0 aromatic carbocycles. The summed E-state index contributed by atoms with van der Waals surface area (Å²) < 4.78 is 0. The smallest absolute Gasteiger partial charge is 0.305 e. The summed E-state index contributed by atoms with van der Waals surface area (Å²) in [6, 6.07) is -0.315. The fourth-order valence-electron chi connectivity index (χ4n) is 2.02. The molecule has 0 aliphatic carbocycles. The highest BCUT2D eigenvalue weighted by Gasteiger charge is 2.24. The summed E-state index contributed by atoms with van der Waals surface area (Å²) in [5, 5.41) is 11.8. The third-order valence-corrected chi connectivity index (χ3v) is 2.92. The number of hydrogen-bond donors (Lipinski definition) is 3. The zero-order valence-electron chi connectivity index (χ0n) is 12.5.